The fourth-order valence-electron chi connectivity index (χ4n) is 1.53. The first-order chi connectivity index (χ1) is 8.36. The molecule has 0 aliphatic rings. The van der Waals surface area contributed by atoms with E-state index in [2.05, 4.69) is 33.0 Å². The minimum Gasteiger partial charge on any atom is -0.312 e. The Morgan fingerprint density at radius 2 is 2.06 bits per heavy atom. The van der Waals surface area contributed by atoms with Gasteiger partial charge in [0.2, 0.25) is 0 Å². The van der Waals surface area contributed by atoms with E-state index >= 15 is 0 Å². The van der Waals surface area contributed by atoms with Gasteiger partial charge >= 0.3 is 0 Å². The van der Waals surface area contributed by atoms with Crippen LogP contribution in [-0.4, -0.2) is 6.54 Å². The molecule has 0 bridgehead atoms. The smallest absolute Gasteiger partial charge is 0.145 e. The molecular weight excluding hydrogens is 227 g/mol. The van der Waals surface area contributed by atoms with E-state index in [1.807, 2.05) is 6.07 Å². The van der Waals surface area contributed by atoms with E-state index < -0.39 is 5.82 Å². The van der Waals surface area contributed by atoms with Crippen molar-refractivity contribution in [2.24, 2.45) is 11.3 Å². The summed E-state index contributed by atoms with van der Waals surface area (Å²) in [7, 11) is 0. The number of rotatable bonds is 4. The van der Waals surface area contributed by atoms with Crippen molar-refractivity contribution >= 4 is 0 Å². The second kappa shape index (κ2) is 5.97. The highest BCUT2D eigenvalue weighted by Gasteiger charge is 2.19. The van der Waals surface area contributed by atoms with Crippen molar-refractivity contribution < 1.29 is 4.39 Å². The van der Waals surface area contributed by atoms with E-state index in [-0.39, 0.29) is 11.0 Å². The molecule has 0 saturated carbocycles. The topological polar surface area (TPSA) is 35.8 Å². The Balaban J connectivity index is 2.58. The molecule has 0 amide bonds. The summed E-state index contributed by atoms with van der Waals surface area (Å²) in [6, 6.07) is 6.78. The maximum atomic E-state index is 13.8. The molecular formula is C15H21FN2. The summed E-state index contributed by atoms with van der Waals surface area (Å²) in [5.41, 5.74) is 0.897. The lowest BCUT2D eigenvalue weighted by atomic mass is 9.82. The van der Waals surface area contributed by atoms with Crippen LogP contribution in [0.2, 0.25) is 0 Å². The van der Waals surface area contributed by atoms with Gasteiger partial charge in [0.15, 0.2) is 0 Å². The van der Waals surface area contributed by atoms with Crippen molar-refractivity contribution in [3.63, 3.8) is 0 Å². The second-order valence-corrected chi connectivity index (χ2v) is 5.79. The van der Waals surface area contributed by atoms with Crippen molar-refractivity contribution in [3.8, 4) is 6.07 Å². The standard InChI is InChI=1S/C15H21FN2/c1-11(15(2,3)4)9-18-10-13-7-5-6-12(8-17)14(13)16/h5-7,11,18H,9-10H2,1-4H3. The molecule has 1 N–H and O–H groups in total. The Labute approximate surface area is 109 Å². The molecule has 0 aliphatic heterocycles. The molecule has 0 aromatic heterocycles. The number of nitrogens with one attached hydrogen (secondary N) is 1. The molecule has 1 unspecified atom stereocenters. The van der Waals surface area contributed by atoms with Gasteiger partial charge in [0.25, 0.3) is 0 Å². The summed E-state index contributed by atoms with van der Waals surface area (Å²) in [5.74, 6) is 0.0932. The third-order valence-corrected chi connectivity index (χ3v) is 3.44. The van der Waals surface area contributed by atoms with E-state index in [0.29, 0.717) is 18.0 Å². The van der Waals surface area contributed by atoms with Gasteiger partial charge in [-0.1, -0.05) is 39.8 Å². The Bertz CT molecular complexity index is 441. The third kappa shape index (κ3) is 3.82. The van der Waals surface area contributed by atoms with Crippen LogP contribution in [0.25, 0.3) is 0 Å². The van der Waals surface area contributed by atoms with Crippen LogP contribution >= 0.6 is 0 Å². The minimum atomic E-state index is -0.407. The van der Waals surface area contributed by atoms with E-state index in [9.17, 15) is 4.39 Å². The molecule has 0 fully saturated rings. The van der Waals surface area contributed by atoms with Crippen LogP contribution in [-0.2, 0) is 6.54 Å². The first-order valence-electron chi connectivity index (χ1n) is 6.24. The molecule has 98 valence electrons. The highest BCUT2D eigenvalue weighted by Crippen LogP contribution is 2.24. The first kappa shape index (κ1) is 14.7. The summed E-state index contributed by atoms with van der Waals surface area (Å²) >= 11 is 0. The van der Waals surface area contributed by atoms with Crippen LogP contribution in [0.5, 0.6) is 0 Å². The van der Waals surface area contributed by atoms with Crippen molar-refractivity contribution in [2.75, 3.05) is 6.54 Å². The number of halogens is 1. The zero-order valence-corrected chi connectivity index (χ0v) is 11.5. The summed E-state index contributed by atoms with van der Waals surface area (Å²) in [4.78, 5) is 0. The molecule has 0 spiro atoms. The van der Waals surface area contributed by atoms with Crippen molar-refractivity contribution in [2.45, 2.75) is 34.2 Å². The molecule has 1 aromatic rings. The second-order valence-electron chi connectivity index (χ2n) is 5.79. The Morgan fingerprint density at radius 3 is 2.61 bits per heavy atom. The molecule has 1 rings (SSSR count). The zero-order valence-electron chi connectivity index (χ0n) is 11.5. The number of hydrogen-bond donors (Lipinski definition) is 1. The molecule has 1 atom stereocenters. The van der Waals surface area contributed by atoms with Crippen molar-refractivity contribution in [1.29, 1.82) is 5.26 Å². The van der Waals surface area contributed by atoms with Gasteiger partial charge in [0, 0.05) is 12.1 Å². The van der Waals surface area contributed by atoms with Crippen LogP contribution in [0.15, 0.2) is 18.2 Å². The molecule has 3 heteroatoms. The van der Waals surface area contributed by atoms with Gasteiger partial charge in [-0.05, 0) is 23.9 Å². The lowest BCUT2D eigenvalue weighted by Crippen LogP contribution is -2.29. The SMILES string of the molecule is CC(CNCc1cccc(C#N)c1F)C(C)(C)C. The highest BCUT2D eigenvalue weighted by molar-refractivity contribution is 5.34. The van der Waals surface area contributed by atoms with Gasteiger partial charge in [-0.3, -0.25) is 0 Å². The zero-order chi connectivity index (χ0) is 13.8. The highest BCUT2D eigenvalue weighted by atomic mass is 19.1. The average Bonchev–Trinajstić information content (AvgIpc) is 2.30. The van der Waals surface area contributed by atoms with Gasteiger partial charge in [0.1, 0.15) is 11.9 Å². The van der Waals surface area contributed by atoms with Crippen LogP contribution < -0.4 is 5.32 Å². The number of hydrogen-bond acceptors (Lipinski definition) is 2. The van der Waals surface area contributed by atoms with Gasteiger partial charge in [-0.15, -0.1) is 0 Å². The van der Waals surface area contributed by atoms with Crippen molar-refractivity contribution in [3.05, 3.63) is 35.1 Å². The predicted molar refractivity (Wildman–Crippen MR) is 71.4 cm³/mol. The Hall–Kier alpha value is -1.40. The van der Waals surface area contributed by atoms with E-state index in [0.717, 1.165) is 6.54 Å². The Kier molecular flexibility index (Phi) is 4.86. The van der Waals surface area contributed by atoms with Crippen molar-refractivity contribution in [1.82, 2.24) is 5.32 Å². The van der Waals surface area contributed by atoms with Crippen LogP contribution in [0.4, 0.5) is 4.39 Å². The Morgan fingerprint density at radius 1 is 1.39 bits per heavy atom. The van der Waals surface area contributed by atoms with E-state index in [1.165, 1.54) is 6.07 Å². The first-order valence-corrected chi connectivity index (χ1v) is 6.24. The average molecular weight is 248 g/mol. The summed E-state index contributed by atoms with van der Waals surface area (Å²) in [5, 5.41) is 12.0. The van der Waals surface area contributed by atoms with Gasteiger partial charge in [0.05, 0.1) is 5.56 Å². The molecule has 0 radical (unpaired) electrons. The van der Waals surface area contributed by atoms with Crippen LogP contribution in [0.1, 0.15) is 38.8 Å². The normalized spacial score (nSPS) is 13.1. The van der Waals surface area contributed by atoms with Crippen LogP contribution in [0.3, 0.4) is 0 Å². The van der Waals surface area contributed by atoms with Gasteiger partial charge in [-0.2, -0.15) is 5.26 Å². The minimum absolute atomic E-state index is 0.109. The maximum Gasteiger partial charge on any atom is 0.145 e. The molecule has 0 heterocycles. The van der Waals surface area contributed by atoms with Gasteiger partial charge in [-0.25, -0.2) is 4.39 Å². The molecule has 1 aromatic carbocycles. The summed E-state index contributed by atoms with van der Waals surface area (Å²) < 4.78 is 13.8. The lowest BCUT2D eigenvalue weighted by Gasteiger charge is -2.27. The lowest BCUT2D eigenvalue weighted by molar-refractivity contribution is 0.252. The summed E-state index contributed by atoms with van der Waals surface area (Å²) in [6.07, 6.45) is 0. The van der Waals surface area contributed by atoms with Crippen LogP contribution in [0, 0.1) is 28.5 Å². The monoisotopic (exact) mass is 248 g/mol. The molecule has 0 aliphatic carbocycles. The molecule has 0 saturated heterocycles. The largest absolute Gasteiger partial charge is 0.312 e. The number of nitriles is 1. The number of nitrogens with zero attached hydrogens (tertiary/aromatic N) is 1. The molecule has 18 heavy (non-hydrogen) atoms. The van der Waals surface area contributed by atoms with E-state index in [4.69, 9.17) is 5.26 Å². The fraction of sp³-hybridized carbons (Fsp3) is 0.533. The quantitative estimate of drug-likeness (QED) is 0.885. The molecule has 2 nitrogen and oxygen atoms in total. The summed E-state index contributed by atoms with van der Waals surface area (Å²) in [6.45, 7) is 10.0. The van der Waals surface area contributed by atoms with E-state index in [1.54, 1.807) is 12.1 Å². The maximum absolute atomic E-state index is 13.8. The fourth-order valence-corrected chi connectivity index (χ4v) is 1.53. The number of benzene rings is 1. The predicted octanol–water partition coefficient (Wildman–Crippen LogP) is 3.47. The van der Waals surface area contributed by atoms with Gasteiger partial charge < -0.3 is 5.32 Å². The third-order valence-electron chi connectivity index (χ3n) is 3.44.